The van der Waals surface area contributed by atoms with Crippen LogP contribution in [0, 0.1) is 10.1 Å². The lowest BCUT2D eigenvalue weighted by atomic mass is 10.0. The van der Waals surface area contributed by atoms with E-state index in [1.54, 1.807) is 0 Å². The van der Waals surface area contributed by atoms with Crippen LogP contribution in [0.25, 0.3) is 22.2 Å². The molecule has 3 aromatic rings. The normalized spacial score (nSPS) is 14.6. The fourth-order valence-corrected chi connectivity index (χ4v) is 3.57. The third-order valence-corrected chi connectivity index (χ3v) is 4.93. The highest BCUT2D eigenvalue weighted by Gasteiger charge is 2.21. The van der Waals surface area contributed by atoms with Crippen LogP contribution < -0.4 is 4.90 Å². The summed E-state index contributed by atoms with van der Waals surface area (Å²) in [6, 6.07) is 13.3. The smallest absolute Gasteiger partial charge is 0.307 e. The average Bonchev–Trinajstić information content (AvgIpc) is 2.67. The Morgan fingerprint density at radius 2 is 1.77 bits per heavy atom. The van der Waals surface area contributed by atoms with E-state index in [-0.39, 0.29) is 10.8 Å². The molecule has 0 spiro atoms. The Labute approximate surface area is 155 Å². The van der Waals surface area contributed by atoms with Gasteiger partial charge in [-0.1, -0.05) is 41.9 Å². The number of benzene rings is 1. The number of fused-ring (bicyclic) bond motifs is 1. The lowest BCUT2D eigenvalue weighted by Crippen LogP contribution is -2.30. The first-order valence-corrected chi connectivity index (χ1v) is 8.97. The first kappa shape index (κ1) is 16.7. The summed E-state index contributed by atoms with van der Waals surface area (Å²) in [5.74, 6) is 0.862. The predicted octanol–water partition coefficient (Wildman–Crippen LogP) is 4.85. The van der Waals surface area contributed by atoms with Crippen molar-refractivity contribution in [3.63, 3.8) is 0 Å². The van der Waals surface area contributed by atoms with Gasteiger partial charge in [-0.25, -0.2) is 9.97 Å². The Morgan fingerprint density at radius 1 is 1.04 bits per heavy atom. The minimum absolute atomic E-state index is 0.132. The molecule has 0 saturated carbocycles. The van der Waals surface area contributed by atoms with Crippen molar-refractivity contribution in [2.75, 3.05) is 18.0 Å². The molecule has 0 N–H and O–H groups in total. The molecule has 6 nitrogen and oxygen atoms in total. The molecule has 0 atom stereocenters. The second-order valence-electron chi connectivity index (χ2n) is 6.38. The van der Waals surface area contributed by atoms with E-state index in [2.05, 4.69) is 9.88 Å². The summed E-state index contributed by atoms with van der Waals surface area (Å²) < 4.78 is 0. The minimum Gasteiger partial charge on any atom is -0.356 e. The first-order valence-electron chi connectivity index (χ1n) is 8.59. The van der Waals surface area contributed by atoms with Gasteiger partial charge in [-0.2, -0.15) is 0 Å². The fraction of sp³-hybridized carbons (Fsp3) is 0.263. The number of hydrogen-bond donors (Lipinski definition) is 0. The number of nitro groups is 1. The molecule has 3 heterocycles. The topological polar surface area (TPSA) is 72.2 Å². The molecule has 1 aromatic carbocycles. The molecule has 1 saturated heterocycles. The molecule has 0 radical (unpaired) electrons. The number of hydrogen-bond acceptors (Lipinski definition) is 5. The van der Waals surface area contributed by atoms with E-state index in [4.69, 9.17) is 16.6 Å². The molecular formula is C19H17ClN4O2. The molecule has 0 unspecified atom stereocenters. The molecule has 1 fully saturated rings. The van der Waals surface area contributed by atoms with Gasteiger partial charge in [0.05, 0.1) is 4.92 Å². The van der Waals surface area contributed by atoms with Crippen LogP contribution in [0.5, 0.6) is 0 Å². The van der Waals surface area contributed by atoms with Gasteiger partial charge in [-0.3, -0.25) is 10.1 Å². The molecule has 1 aliphatic rings. The van der Waals surface area contributed by atoms with E-state index < -0.39 is 4.92 Å². The van der Waals surface area contributed by atoms with Crippen molar-refractivity contribution in [2.24, 2.45) is 0 Å². The van der Waals surface area contributed by atoms with Gasteiger partial charge in [0.15, 0.2) is 5.65 Å². The molecule has 0 amide bonds. The van der Waals surface area contributed by atoms with Gasteiger partial charge in [-0.05, 0) is 30.9 Å². The second-order valence-corrected chi connectivity index (χ2v) is 6.73. The summed E-state index contributed by atoms with van der Waals surface area (Å²) in [5.41, 5.74) is 2.21. The van der Waals surface area contributed by atoms with Crippen LogP contribution in [0.3, 0.4) is 0 Å². The number of pyridine rings is 2. The van der Waals surface area contributed by atoms with Crippen LogP contribution >= 0.6 is 11.6 Å². The Bertz CT molecular complexity index is 972. The Kier molecular flexibility index (Phi) is 4.42. The molecule has 4 rings (SSSR count). The van der Waals surface area contributed by atoms with Gasteiger partial charge >= 0.3 is 5.69 Å². The molecule has 26 heavy (non-hydrogen) atoms. The Hall–Kier alpha value is -2.73. The van der Waals surface area contributed by atoms with Gasteiger partial charge in [0.2, 0.25) is 5.15 Å². The minimum atomic E-state index is -0.518. The van der Waals surface area contributed by atoms with Crippen molar-refractivity contribution in [3.8, 4) is 11.1 Å². The maximum Gasteiger partial charge on any atom is 0.307 e. The van der Waals surface area contributed by atoms with Gasteiger partial charge < -0.3 is 4.90 Å². The highest BCUT2D eigenvalue weighted by molar-refractivity contribution is 6.31. The highest BCUT2D eigenvalue weighted by Crippen LogP contribution is 2.35. The van der Waals surface area contributed by atoms with Crippen LogP contribution in [0.2, 0.25) is 5.15 Å². The van der Waals surface area contributed by atoms with E-state index in [1.165, 1.54) is 12.5 Å². The van der Waals surface area contributed by atoms with E-state index in [0.29, 0.717) is 11.0 Å². The number of nitrogens with zero attached hydrogens (tertiary/aromatic N) is 4. The highest BCUT2D eigenvalue weighted by atomic mass is 35.5. The van der Waals surface area contributed by atoms with Crippen molar-refractivity contribution < 1.29 is 4.92 Å². The first-order chi connectivity index (χ1) is 12.6. The van der Waals surface area contributed by atoms with Crippen molar-refractivity contribution in [2.45, 2.75) is 19.3 Å². The van der Waals surface area contributed by atoms with E-state index in [0.717, 1.165) is 42.9 Å². The molecule has 2 aromatic heterocycles. The third-order valence-electron chi connectivity index (χ3n) is 4.66. The molecule has 0 aliphatic carbocycles. The average molecular weight is 369 g/mol. The van der Waals surface area contributed by atoms with Crippen LogP contribution in [0.1, 0.15) is 19.3 Å². The molecule has 132 valence electrons. The number of aromatic nitrogens is 2. The van der Waals surface area contributed by atoms with Gasteiger partial charge in [0.25, 0.3) is 0 Å². The fourth-order valence-electron chi connectivity index (χ4n) is 3.37. The van der Waals surface area contributed by atoms with Crippen molar-refractivity contribution in [3.05, 3.63) is 57.7 Å². The van der Waals surface area contributed by atoms with Gasteiger partial charge in [0.1, 0.15) is 5.82 Å². The maximum absolute atomic E-state index is 11.2. The second kappa shape index (κ2) is 6.88. The number of halogens is 1. The Morgan fingerprint density at radius 3 is 2.46 bits per heavy atom. The lowest BCUT2D eigenvalue weighted by molar-refractivity contribution is -0.384. The third kappa shape index (κ3) is 3.08. The monoisotopic (exact) mass is 368 g/mol. The molecule has 7 heteroatoms. The molecule has 1 aliphatic heterocycles. The zero-order valence-corrected chi connectivity index (χ0v) is 14.8. The van der Waals surface area contributed by atoms with Gasteiger partial charge in [0, 0.05) is 30.1 Å². The summed E-state index contributed by atoms with van der Waals surface area (Å²) in [6.45, 7) is 1.89. The van der Waals surface area contributed by atoms with Crippen molar-refractivity contribution >= 4 is 34.1 Å². The quantitative estimate of drug-likeness (QED) is 0.375. The van der Waals surface area contributed by atoms with Crippen LogP contribution in [0.15, 0.2) is 42.5 Å². The number of piperidine rings is 1. The SMILES string of the molecule is O=[N+]([O-])c1cc2cc(-c3ccccc3)c(N3CCCCC3)nc2nc1Cl. The maximum atomic E-state index is 11.2. The molecular weight excluding hydrogens is 352 g/mol. The van der Waals surface area contributed by atoms with Crippen molar-refractivity contribution in [1.82, 2.24) is 9.97 Å². The zero-order valence-electron chi connectivity index (χ0n) is 14.1. The standard InChI is InChI=1S/C19H17ClN4O2/c20-17-16(24(25)26)12-14-11-15(13-7-3-1-4-8-13)19(22-18(14)21-17)23-9-5-2-6-10-23/h1,3-4,7-8,11-12H,2,5-6,9-10H2. The van der Waals surface area contributed by atoms with Crippen LogP contribution in [-0.4, -0.2) is 28.0 Å². The summed E-state index contributed by atoms with van der Waals surface area (Å²) >= 11 is 5.99. The summed E-state index contributed by atoms with van der Waals surface area (Å²) in [6.07, 6.45) is 3.48. The van der Waals surface area contributed by atoms with Crippen molar-refractivity contribution in [1.29, 1.82) is 0 Å². The van der Waals surface area contributed by atoms with E-state index in [9.17, 15) is 10.1 Å². The largest absolute Gasteiger partial charge is 0.356 e. The summed E-state index contributed by atoms with van der Waals surface area (Å²) in [5, 5.41) is 11.7. The summed E-state index contributed by atoms with van der Waals surface area (Å²) in [7, 11) is 0. The predicted molar refractivity (Wildman–Crippen MR) is 103 cm³/mol. The number of anilines is 1. The zero-order chi connectivity index (χ0) is 18.1. The summed E-state index contributed by atoms with van der Waals surface area (Å²) in [4.78, 5) is 21.9. The van der Waals surface area contributed by atoms with E-state index >= 15 is 0 Å². The number of rotatable bonds is 3. The van der Waals surface area contributed by atoms with Gasteiger partial charge in [-0.15, -0.1) is 0 Å². The molecule has 0 bridgehead atoms. The van der Waals surface area contributed by atoms with Crippen LogP contribution in [0.4, 0.5) is 11.5 Å². The van der Waals surface area contributed by atoms with Crippen LogP contribution in [-0.2, 0) is 0 Å². The van der Waals surface area contributed by atoms with E-state index in [1.807, 2.05) is 36.4 Å². The lowest BCUT2D eigenvalue weighted by Gasteiger charge is -2.29. The Balaban J connectivity index is 1.94.